The number of thioether (sulfide) groups is 1. The van der Waals surface area contributed by atoms with Crippen molar-refractivity contribution in [3.63, 3.8) is 0 Å². The molecule has 0 spiro atoms. The van der Waals surface area contributed by atoms with Crippen LogP contribution in [-0.2, 0) is 9.59 Å². The van der Waals surface area contributed by atoms with Gasteiger partial charge < -0.3 is 21.1 Å². The highest BCUT2D eigenvalue weighted by atomic mass is 32.2. The molecule has 0 unspecified atom stereocenters. The lowest BCUT2D eigenvalue weighted by Gasteiger charge is -2.25. The Morgan fingerprint density at radius 3 is 2.71 bits per heavy atom. The van der Waals surface area contributed by atoms with Crippen LogP contribution in [0.15, 0.2) is 0 Å². The van der Waals surface area contributed by atoms with Crippen LogP contribution < -0.4 is 16.0 Å². The molecule has 8 heteroatoms. The predicted molar refractivity (Wildman–Crippen MR) is 90.9 cm³/mol. The Balaban J connectivity index is 1.37. The van der Waals surface area contributed by atoms with Crippen LogP contribution in [0, 0.1) is 0 Å². The van der Waals surface area contributed by atoms with Gasteiger partial charge in [0.25, 0.3) is 0 Å². The van der Waals surface area contributed by atoms with E-state index in [1.54, 1.807) is 0 Å². The molecule has 3 fully saturated rings. The second-order valence-corrected chi connectivity index (χ2v) is 8.28. The summed E-state index contributed by atoms with van der Waals surface area (Å²) in [5.74, 6) is -0.131. The molecule has 3 amide bonds. The van der Waals surface area contributed by atoms with Gasteiger partial charge in [-0.25, -0.2) is 9.59 Å². The maximum Gasteiger partial charge on any atom is 0.329 e. The highest BCUT2D eigenvalue weighted by molar-refractivity contribution is 8.00. The van der Waals surface area contributed by atoms with E-state index in [9.17, 15) is 19.5 Å². The summed E-state index contributed by atoms with van der Waals surface area (Å²) >= 11 is 1.87. The van der Waals surface area contributed by atoms with Gasteiger partial charge in [0.2, 0.25) is 5.91 Å². The zero-order valence-corrected chi connectivity index (χ0v) is 14.5. The van der Waals surface area contributed by atoms with Gasteiger partial charge in [0.15, 0.2) is 0 Å². The number of hydrogen-bond donors (Lipinski definition) is 4. The van der Waals surface area contributed by atoms with Crippen molar-refractivity contribution in [2.24, 2.45) is 0 Å². The van der Waals surface area contributed by atoms with Gasteiger partial charge in [-0.2, -0.15) is 11.8 Å². The van der Waals surface area contributed by atoms with Gasteiger partial charge in [-0.1, -0.05) is 19.3 Å². The van der Waals surface area contributed by atoms with Crippen LogP contribution in [0.3, 0.4) is 0 Å². The van der Waals surface area contributed by atoms with Crippen molar-refractivity contribution in [1.29, 1.82) is 0 Å². The van der Waals surface area contributed by atoms with Crippen LogP contribution in [0.2, 0.25) is 0 Å². The molecule has 1 aliphatic carbocycles. The van der Waals surface area contributed by atoms with E-state index in [-0.39, 0.29) is 24.0 Å². The number of nitrogens with one attached hydrogen (secondary N) is 3. The summed E-state index contributed by atoms with van der Waals surface area (Å²) in [6.45, 7) is 0. The lowest BCUT2D eigenvalue weighted by atomic mass is 9.97. The summed E-state index contributed by atoms with van der Waals surface area (Å²) in [7, 11) is 0. The van der Waals surface area contributed by atoms with E-state index >= 15 is 0 Å². The van der Waals surface area contributed by atoms with E-state index in [2.05, 4.69) is 16.0 Å². The predicted octanol–water partition coefficient (Wildman–Crippen LogP) is 1.23. The molecule has 0 bridgehead atoms. The number of amides is 3. The number of aliphatic carboxylic acids is 1. The molecule has 7 nitrogen and oxygen atoms in total. The number of carboxylic acid groups (broad SMARTS) is 1. The Labute approximate surface area is 145 Å². The molecule has 3 rings (SSSR count). The number of carbonyl (C=O) groups is 3. The maximum absolute atomic E-state index is 12.1. The normalized spacial score (nSPS) is 30.5. The second-order valence-electron chi connectivity index (χ2n) is 7.01. The molecule has 4 N–H and O–H groups in total. The Bertz CT molecular complexity index is 521. The third-order valence-electron chi connectivity index (χ3n) is 5.33. The molecule has 1 saturated carbocycles. The SMILES string of the molecule is O=C(CCCC[C@@H]1SC[C@@H]2NC(=O)N[C@@H]21)NC1(C(=O)O)CCCC1. The number of rotatable bonds is 7. The van der Waals surface area contributed by atoms with Gasteiger partial charge in [-0.3, -0.25) is 4.79 Å². The summed E-state index contributed by atoms with van der Waals surface area (Å²) < 4.78 is 0. The van der Waals surface area contributed by atoms with E-state index in [0.717, 1.165) is 37.9 Å². The summed E-state index contributed by atoms with van der Waals surface area (Å²) in [4.78, 5) is 34.9. The smallest absolute Gasteiger partial charge is 0.329 e. The monoisotopic (exact) mass is 355 g/mol. The highest BCUT2D eigenvalue weighted by Gasteiger charge is 2.43. The van der Waals surface area contributed by atoms with E-state index in [1.165, 1.54) is 0 Å². The quantitative estimate of drug-likeness (QED) is 0.406. The second kappa shape index (κ2) is 7.21. The molecule has 0 aromatic heterocycles. The number of urea groups is 1. The number of fused-ring (bicyclic) bond motifs is 1. The van der Waals surface area contributed by atoms with Crippen molar-refractivity contribution < 1.29 is 19.5 Å². The molecule has 2 aliphatic heterocycles. The third kappa shape index (κ3) is 3.63. The lowest BCUT2D eigenvalue weighted by Crippen LogP contribution is -2.52. The first-order valence-corrected chi connectivity index (χ1v) is 9.78. The van der Waals surface area contributed by atoms with Crippen molar-refractivity contribution in [3.8, 4) is 0 Å². The van der Waals surface area contributed by atoms with Gasteiger partial charge in [0.1, 0.15) is 5.54 Å². The van der Waals surface area contributed by atoms with E-state index in [4.69, 9.17) is 0 Å². The standard InChI is InChI=1S/C16H25N3O4S/c20-12(19-16(14(21)22)7-3-4-8-16)6-2-1-5-11-13-10(9-24-11)17-15(23)18-13/h10-11,13H,1-9H2,(H,19,20)(H,21,22)(H2,17,18,23)/t10-,11-,13-/m0/s1. The molecule has 0 radical (unpaired) electrons. The molecule has 24 heavy (non-hydrogen) atoms. The first-order valence-electron chi connectivity index (χ1n) is 8.73. The first kappa shape index (κ1) is 17.4. The van der Waals surface area contributed by atoms with Crippen LogP contribution in [-0.4, -0.2) is 51.6 Å². The number of hydrogen-bond acceptors (Lipinski definition) is 4. The average molecular weight is 355 g/mol. The molecule has 134 valence electrons. The zero-order valence-electron chi connectivity index (χ0n) is 13.7. The van der Waals surface area contributed by atoms with Crippen LogP contribution in [0.5, 0.6) is 0 Å². The Morgan fingerprint density at radius 1 is 1.25 bits per heavy atom. The molecule has 2 saturated heterocycles. The summed E-state index contributed by atoms with van der Waals surface area (Å²) in [6, 6.07) is 0.351. The van der Waals surface area contributed by atoms with Gasteiger partial charge in [-0.05, 0) is 25.7 Å². The Hall–Kier alpha value is -1.44. The van der Waals surface area contributed by atoms with E-state index in [1.807, 2.05) is 11.8 Å². The fourth-order valence-electron chi connectivity index (χ4n) is 3.97. The number of carbonyl (C=O) groups excluding carboxylic acids is 2. The molecular weight excluding hydrogens is 330 g/mol. The van der Waals surface area contributed by atoms with Gasteiger partial charge >= 0.3 is 12.0 Å². The summed E-state index contributed by atoms with van der Waals surface area (Å²) in [6.07, 6.45) is 5.75. The topological polar surface area (TPSA) is 108 Å². The van der Waals surface area contributed by atoms with E-state index < -0.39 is 11.5 Å². The molecule has 3 atom stereocenters. The Kier molecular flexibility index (Phi) is 5.22. The molecule has 0 aromatic carbocycles. The molecular formula is C16H25N3O4S. The van der Waals surface area contributed by atoms with E-state index in [0.29, 0.717) is 24.5 Å². The van der Waals surface area contributed by atoms with Gasteiger partial charge in [-0.15, -0.1) is 0 Å². The minimum atomic E-state index is -1.04. The zero-order chi connectivity index (χ0) is 17.2. The minimum absolute atomic E-state index is 0.0785. The number of unbranched alkanes of at least 4 members (excludes halogenated alkanes) is 1. The largest absolute Gasteiger partial charge is 0.480 e. The van der Waals surface area contributed by atoms with Crippen molar-refractivity contribution in [3.05, 3.63) is 0 Å². The van der Waals surface area contributed by atoms with Crippen molar-refractivity contribution >= 4 is 29.7 Å². The Morgan fingerprint density at radius 2 is 2.00 bits per heavy atom. The average Bonchev–Trinajstić information content (AvgIpc) is 3.21. The van der Waals surface area contributed by atoms with Gasteiger partial charge in [0.05, 0.1) is 12.1 Å². The van der Waals surface area contributed by atoms with Crippen molar-refractivity contribution in [2.45, 2.75) is 74.2 Å². The fourth-order valence-corrected chi connectivity index (χ4v) is 5.52. The minimum Gasteiger partial charge on any atom is -0.480 e. The fraction of sp³-hybridized carbons (Fsp3) is 0.812. The maximum atomic E-state index is 12.1. The number of carboxylic acids is 1. The van der Waals surface area contributed by atoms with Crippen molar-refractivity contribution in [2.75, 3.05) is 5.75 Å². The van der Waals surface area contributed by atoms with Crippen LogP contribution in [0.4, 0.5) is 4.79 Å². The van der Waals surface area contributed by atoms with Crippen molar-refractivity contribution in [1.82, 2.24) is 16.0 Å². The molecule has 2 heterocycles. The van der Waals surface area contributed by atoms with Gasteiger partial charge in [0, 0.05) is 17.4 Å². The molecule has 3 aliphatic rings. The van der Waals surface area contributed by atoms with Crippen LogP contribution >= 0.6 is 11.8 Å². The first-order chi connectivity index (χ1) is 11.5. The van der Waals surface area contributed by atoms with Crippen LogP contribution in [0.25, 0.3) is 0 Å². The molecule has 0 aromatic rings. The summed E-state index contributed by atoms with van der Waals surface area (Å²) in [5, 5.41) is 18.4. The highest BCUT2D eigenvalue weighted by Crippen LogP contribution is 2.33. The van der Waals surface area contributed by atoms with Crippen LogP contribution in [0.1, 0.15) is 51.4 Å². The summed E-state index contributed by atoms with van der Waals surface area (Å²) in [5.41, 5.74) is -1.04. The lowest BCUT2D eigenvalue weighted by molar-refractivity contribution is -0.147. The third-order valence-corrected chi connectivity index (χ3v) is 6.83.